The van der Waals surface area contributed by atoms with Crippen LogP contribution in [0.2, 0.25) is 5.02 Å². The topological polar surface area (TPSA) is 64.9 Å². The van der Waals surface area contributed by atoms with Crippen LogP contribution >= 0.6 is 11.6 Å². The van der Waals surface area contributed by atoms with E-state index >= 15 is 0 Å². The highest BCUT2D eigenvalue weighted by atomic mass is 35.5. The summed E-state index contributed by atoms with van der Waals surface area (Å²) < 4.78 is 19.0. The highest BCUT2D eigenvalue weighted by Gasteiger charge is 2.30. The van der Waals surface area contributed by atoms with Crippen LogP contribution in [0.15, 0.2) is 22.7 Å². The van der Waals surface area contributed by atoms with Crippen LogP contribution in [0.4, 0.5) is 4.39 Å². The molecule has 1 saturated carbocycles. The van der Waals surface area contributed by atoms with Gasteiger partial charge < -0.3 is 10.3 Å². The van der Waals surface area contributed by atoms with Gasteiger partial charge in [0.2, 0.25) is 5.89 Å². The van der Waals surface area contributed by atoms with E-state index in [4.69, 9.17) is 21.9 Å². The molecule has 0 saturated heterocycles. The second-order valence-corrected chi connectivity index (χ2v) is 5.53. The van der Waals surface area contributed by atoms with Crippen LogP contribution in [0.25, 0.3) is 0 Å². The molecule has 2 unspecified atom stereocenters. The third-order valence-electron chi connectivity index (χ3n) is 3.77. The quantitative estimate of drug-likeness (QED) is 0.945. The fourth-order valence-electron chi connectivity index (χ4n) is 2.64. The Morgan fingerprint density at radius 3 is 2.95 bits per heavy atom. The smallest absolute Gasteiger partial charge is 0.231 e. The van der Waals surface area contributed by atoms with Gasteiger partial charge >= 0.3 is 0 Å². The van der Waals surface area contributed by atoms with Gasteiger partial charge in [0.05, 0.1) is 5.92 Å². The van der Waals surface area contributed by atoms with Crippen molar-refractivity contribution in [1.29, 1.82) is 0 Å². The number of nitrogens with zero attached hydrogens (tertiary/aromatic N) is 2. The van der Waals surface area contributed by atoms with Crippen LogP contribution < -0.4 is 5.73 Å². The molecule has 3 rings (SSSR count). The first-order valence-electron chi connectivity index (χ1n) is 6.66. The minimum Gasteiger partial charge on any atom is -0.339 e. The van der Waals surface area contributed by atoms with Crippen LogP contribution in [0.1, 0.15) is 42.5 Å². The molecule has 1 aliphatic rings. The molecule has 106 valence electrons. The van der Waals surface area contributed by atoms with Gasteiger partial charge in [-0.2, -0.15) is 4.98 Å². The zero-order valence-corrected chi connectivity index (χ0v) is 11.6. The molecule has 6 heteroatoms. The lowest BCUT2D eigenvalue weighted by molar-refractivity contribution is 0.342. The Hall–Kier alpha value is -1.46. The van der Waals surface area contributed by atoms with Gasteiger partial charge in [-0.05, 0) is 25.0 Å². The van der Waals surface area contributed by atoms with Crippen molar-refractivity contribution in [2.24, 2.45) is 5.73 Å². The van der Waals surface area contributed by atoms with Gasteiger partial charge in [-0.25, -0.2) is 4.39 Å². The summed E-state index contributed by atoms with van der Waals surface area (Å²) in [5, 5.41) is 4.28. The number of aromatic nitrogens is 2. The molecule has 1 fully saturated rings. The van der Waals surface area contributed by atoms with Gasteiger partial charge in [0.15, 0.2) is 5.82 Å². The Morgan fingerprint density at radius 2 is 2.25 bits per heavy atom. The lowest BCUT2D eigenvalue weighted by atomic mass is 10.0. The number of hydrogen-bond donors (Lipinski definition) is 1. The monoisotopic (exact) mass is 295 g/mol. The van der Waals surface area contributed by atoms with Crippen LogP contribution in [-0.4, -0.2) is 16.2 Å². The van der Waals surface area contributed by atoms with E-state index in [1.54, 1.807) is 12.1 Å². The first kappa shape index (κ1) is 13.5. The molecule has 1 heterocycles. The van der Waals surface area contributed by atoms with Gasteiger partial charge in [-0.3, -0.25) is 0 Å². The zero-order chi connectivity index (χ0) is 14.1. The summed E-state index contributed by atoms with van der Waals surface area (Å²) in [6, 6.07) is 4.66. The van der Waals surface area contributed by atoms with Gasteiger partial charge in [0.25, 0.3) is 0 Å². The van der Waals surface area contributed by atoms with E-state index in [0.717, 1.165) is 19.3 Å². The van der Waals surface area contributed by atoms with E-state index in [-0.39, 0.29) is 24.2 Å². The van der Waals surface area contributed by atoms with E-state index in [1.807, 2.05) is 0 Å². The standard InChI is InChI=1S/C14H15ClFN3O/c15-10-4-2-5-11(16)9(10)7-13-18-14(20-19-13)8-3-1-6-12(8)17/h2,4-5,8,12H,1,3,6-7,17H2. The van der Waals surface area contributed by atoms with E-state index in [2.05, 4.69) is 10.1 Å². The maximum Gasteiger partial charge on any atom is 0.231 e. The summed E-state index contributed by atoms with van der Waals surface area (Å²) in [5.41, 5.74) is 6.40. The summed E-state index contributed by atoms with van der Waals surface area (Å²) >= 11 is 5.99. The highest BCUT2D eigenvalue weighted by Crippen LogP contribution is 2.32. The third-order valence-corrected chi connectivity index (χ3v) is 4.12. The maximum absolute atomic E-state index is 13.7. The molecule has 0 bridgehead atoms. The summed E-state index contributed by atoms with van der Waals surface area (Å²) in [6.45, 7) is 0. The van der Waals surface area contributed by atoms with E-state index < -0.39 is 0 Å². The van der Waals surface area contributed by atoms with Gasteiger partial charge in [0, 0.05) is 23.0 Å². The molecule has 0 spiro atoms. The van der Waals surface area contributed by atoms with Crippen molar-refractivity contribution in [3.8, 4) is 0 Å². The summed E-state index contributed by atoms with van der Waals surface area (Å²) in [7, 11) is 0. The predicted octanol–water partition coefficient (Wildman–Crippen LogP) is 3.05. The molecule has 1 aromatic carbocycles. The maximum atomic E-state index is 13.7. The second kappa shape index (κ2) is 5.50. The van der Waals surface area contributed by atoms with Crippen molar-refractivity contribution < 1.29 is 8.91 Å². The van der Waals surface area contributed by atoms with Crippen molar-refractivity contribution in [2.75, 3.05) is 0 Å². The lowest BCUT2D eigenvalue weighted by Crippen LogP contribution is -2.22. The zero-order valence-electron chi connectivity index (χ0n) is 10.9. The average Bonchev–Trinajstić information content (AvgIpc) is 3.02. The Bertz CT molecular complexity index is 596. The number of hydrogen-bond acceptors (Lipinski definition) is 4. The van der Waals surface area contributed by atoms with E-state index in [1.165, 1.54) is 6.07 Å². The lowest BCUT2D eigenvalue weighted by Gasteiger charge is -2.08. The minimum absolute atomic E-state index is 0.0698. The molecule has 0 radical (unpaired) electrons. The highest BCUT2D eigenvalue weighted by molar-refractivity contribution is 6.31. The first-order valence-corrected chi connectivity index (χ1v) is 7.04. The SMILES string of the molecule is NC1CCCC1c1nc(Cc2c(F)cccc2Cl)no1. The van der Waals surface area contributed by atoms with Crippen LogP contribution in [-0.2, 0) is 6.42 Å². The second-order valence-electron chi connectivity index (χ2n) is 5.13. The molecule has 0 aliphatic heterocycles. The number of nitrogens with two attached hydrogens (primary N) is 1. The molecular weight excluding hydrogens is 281 g/mol. The average molecular weight is 296 g/mol. The van der Waals surface area contributed by atoms with Crippen molar-refractivity contribution in [1.82, 2.24) is 10.1 Å². The Labute approximate surface area is 121 Å². The molecule has 2 N–H and O–H groups in total. The first-order chi connectivity index (χ1) is 9.65. The minimum atomic E-state index is -0.360. The van der Waals surface area contributed by atoms with E-state index in [9.17, 15) is 4.39 Å². The fraction of sp³-hybridized carbons (Fsp3) is 0.429. The molecule has 2 aromatic rings. The molecule has 0 amide bonds. The summed E-state index contributed by atoms with van der Waals surface area (Å²) in [4.78, 5) is 4.34. The van der Waals surface area contributed by atoms with Gasteiger partial charge in [-0.1, -0.05) is 29.2 Å². The van der Waals surface area contributed by atoms with Crippen molar-refractivity contribution >= 4 is 11.6 Å². The normalized spacial score (nSPS) is 22.4. The van der Waals surface area contributed by atoms with Gasteiger partial charge in [0.1, 0.15) is 5.82 Å². The molecular formula is C14H15ClFN3O. The third kappa shape index (κ3) is 2.55. The van der Waals surface area contributed by atoms with Crippen LogP contribution in [0, 0.1) is 5.82 Å². The van der Waals surface area contributed by atoms with E-state index in [0.29, 0.717) is 22.3 Å². The Balaban J connectivity index is 1.81. The largest absolute Gasteiger partial charge is 0.339 e. The number of halogens is 2. The van der Waals surface area contributed by atoms with Crippen molar-refractivity contribution in [3.63, 3.8) is 0 Å². The Morgan fingerprint density at radius 1 is 1.40 bits per heavy atom. The number of rotatable bonds is 3. The molecule has 1 aliphatic carbocycles. The van der Waals surface area contributed by atoms with Gasteiger partial charge in [-0.15, -0.1) is 0 Å². The molecule has 20 heavy (non-hydrogen) atoms. The summed E-state index contributed by atoms with van der Waals surface area (Å²) in [6.07, 6.45) is 3.23. The molecule has 1 aromatic heterocycles. The fourth-order valence-corrected chi connectivity index (χ4v) is 2.87. The van der Waals surface area contributed by atoms with Crippen LogP contribution in [0.3, 0.4) is 0 Å². The van der Waals surface area contributed by atoms with Crippen molar-refractivity contribution in [2.45, 2.75) is 37.6 Å². The van der Waals surface area contributed by atoms with Crippen molar-refractivity contribution in [3.05, 3.63) is 46.3 Å². The number of benzene rings is 1. The molecule has 4 nitrogen and oxygen atoms in total. The van der Waals surface area contributed by atoms with Crippen LogP contribution in [0.5, 0.6) is 0 Å². The predicted molar refractivity (Wildman–Crippen MR) is 73.1 cm³/mol. The molecule has 2 atom stereocenters. The Kier molecular flexibility index (Phi) is 3.72. The summed E-state index contributed by atoms with van der Waals surface area (Å²) in [5.74, 6) is 0.748.